The Kier molecular flexibility index (Phi) is 3.79. The number of alkyl halides is 15. The second-order valence-electron chi connectivity index (χ2n) is 6.84. The van der Waals surface area contributed by atoms with E-state index in [1.807, 2.05) is 0 Å². The van der Waals surface area contributed by atoms with Gasteiger partial charge >= 0.3 is 64.1 Å². The Morgan fingerprint density at radius 2 is 0.806 bits per heavy atom. The van der Waals surface area contributed by atoms with Crippen molar-refractivity contribution in [2.45, 2.75) is 58.1 Å². The van der Waals surface area contributed by atoms with Crippen LogP contribution in [-0.2, 0) is 9.53 Å². The third-order valence-electron chi connectivity index (χ3n) is 5.68. The molecule has 3 nitrogen and oxygen atoms in total. The zero-order valence-electron chi connectivity index (χ0n) is 13.6. The Hall–Kier alpha value is -2.04. The molecule has 0 heterocycles. The molecule has 4 fully saturated rings. The Morgan fingerprint density at radius 3 is 1.03 bits per heavy atom. The fraction of sp³-hybridized carbons (Fsp3) is 0.769. The first kappa shape index (κ1) is 23.6. The first-order chi connectivity index (χ1) is 13.5. The molecule has 0 aromatic heterocycles. The second-order valence-corrected chi connectivity index (χ2v) is 6.84. The van der Waals surface area contributed by atoms with E-state index in [2.05, 4.69) is 4.74 Å². The molecule has 0 unspecified atom stereocenters. The van der Waals surface area contributed by atoms with Crippen LogP contribution in [0, 0.1) is 0 Å². The molecule has 0 aromatic rings. The Balaban J connectivity index is 2.67. The summed E-state index contributed by atoms with van der Waals surface area (Å²) in [5.74, 6) is -50.4. The van der Waals surface area contributed by atoms with Crippen LogP contribution in [0.5, 0.6) is 0 Å². The van der Waals surface area contributed by atoms with Crippen LogP contribution in [-0.4, -0.2) is 69.2 Å². The van der Waals surface area contributed by atoms with E-state index in [9.17, 15) is 70.7 Å². The highest BCUT2D eigenvalue weighted by atomic mass is 19.3. The van der Waals surface area contributed by atoms with E-state index in [0.717, 1.165) is 0 Å². The van der Waals surface area contributed by atoms with Crippen molar-refractivity contribution in [3.8, 4) is 0 Å². The predicted molar refractivity (Wildman–Crippen MR) is 61.8 cm³/mol. The summed E-state index contributed by atoms with van der Waals surface area (Å²) >= 11 is 0. The lowest BCUT2D eigenvalue weighted by molar-refractivity contribution is -0.614. The van der Waals surface area contributed by atoms with Gasteiger partial charge in [0.15, 0.2) is 0 Å². The third kappa shape index (κ3) is 1.45. The summed E-state index contributed by atoms with van der Waals surface area (Å²) < 4.78 is 218. The van der Waals surface area contributed by atoms with Gasteiger partial charge in [-0.25, -0.2) is 18.0 Å². The molecule has 4 aliphatic rings. The lowest BCUT2D eigenvalue weighted by atomic mass is 9.40. The largest absolute Gasteiger partial charge is 0.515 e. The molecule has 4 bridgehead atoms. The fourth-order valence-electron chi connectivity index (χ4n) is 4.24. The zero-order chi connectivity index (χ0) is 24.7. The summed E-state index contributed by atoms with van der Waals surface area (Å²) in [4.78, 5) is 11.2. The van der Waals surface area contributed by atoms with Crippen molar-refractivity contribution in [1.82, 2.24) is 0 Å². The maximum atomic E-state index is 14.6. The summed E-state index contributed by atoms with van der Waals surface area (Å²) in [6.07, 6.45) is -1.42. The van der Waals surface area contributed by atoms with Crippen molar-refractivity contribution in [2.24, 2.45) is 0 Å². The van der Waals surface area contributed by atoms with E-state index in [0.29, 0.717) is 0 Å². The number of aliphatic hydroxyl groups is 1. The quantitative estimate of drug-likeness (QED) is 0.271. The standard InChI is InChI=1S/C13H3F15O3/c14-4-8(17,18)5(15)10(21,22)6(16,9(4,19)20)13(27,28)7(11(4,23)24,12(5,25)26)31-3(30)1-2-29/h1-2,29H. The normalized spacial score (nSPS) is 46.8. The smallest absolute Gasteiger partial charge is 0.345 e. The molecule has 0 radical (unpaired) electrons. The van der Waals surface area contributed by atoms with Crippen molar-refractivity contribution in [3.05, 3.63) is 12.3 Å². The summed E-state index contributed by atoms with van der Waals surface area (Å²) in [6, 6.07) is 0. The Bertz CT molecular complexity index is 779. The molecular formula is C13H3F15O3. The molecule has 0 spiro atoms. The SMILES string of the molecule is O=C(C=CO)OC12C(F)(F)C3(F)C(F)(F)C(F)(C(F)(F)C(F)(C3(F)F)C1(F)F)C2(F)F. The number of ether oxygens (including phenoxy) is 1. The molecule has 4 saturated carbocycles. The number of esters is 1. The van der Waals surface area contributed by atoms with Crippen molar-refractivity contribution in [1.29, 1.82) is 0 Å². The van der Waals surface area contributed by atoms with Gasteiger partial charge in [0, 0.05) is 0 Å². The van der Waals surface area contributed by atoms with Gasteiger partial charge in [-0.05, 0) is 0 Å². The van der Waals surface area contributed by atoms with Crippen LogP contribution in [0.25, 0.3) is 0 Å². The Labute approximate surface area is 158 Å². The molecular weight excluding hydrogens is 489 g/mol. The van der Waals surface area contributed by atoms with E-state index in [1.54, 1.807) is 0 Å². The number of rotatable bonds is 2. The second kappa shape index (κ2) is 4.97. The van der Waals surface area contributed by atoms with Gasteiger partial charge in [0.05, 0.1) is 12.3 Å². The predicted octanol–water partition coefficient (Wildman–Crippen LogP) is 4.32. The molecule has 0 amide bonds. The summed E-state index contributed by atoms with van der Waals surface area (Å²) in [5, 5.41) is 8.22. The molecule has 0 aliphatic heterocycles. The van der Waals surface area contributed by atoms with Crippen LogP contribution in [0.15, 0.2) is 12.3 Å². The number of carbonyl (C=O) groups is 1. The molecule has 4 aliphatic carbocycles. The first-order valence-corrected chi connectivity index (χ1v) is 7.33. The van der Waals surface area contributed by atoms with Gasteiger partial charge in [0.1, 0.15) is 0 Å². The molecule has 4 rings (SSSR count). The van der Waals surface area contributed by atoms with Gasteiger partial charge in [-0.1, -0.05) is 0 Å². The molecule has 18 heteroatoms. The molecule has 0 atom stereocenters. The third-order valence-corrected chi connectivity index (χ3v) is 5.68. The average Bonchev–Trinajstić information content (AvgIpc) is 2.59. The van der Waals surface area contributed by atoms with Crippen LogP contribution in [0.4, 0.5) is 65.9 Å². The highest BCUT2D eigenvalue weighted by molar-refractivity contribution is 5.82. The number of hydrogen-bond acceptors (Lipinski definition) is 3. The van der Waals surface area contributed by atoms with Crippen molar-refractivity contribution in [3.63, 3.8) is 0 Å². The maximum absolute atomic E-state index is 14.6. The van der Waals surface area contributed by atoms with Gasteiger partial charge in [-0.3, -0.25) is 0 Å². The highest BCUT2D eigenvalue weighted by Gasteiger charge is 3.24. The number of hydrogen-bond donors (Lipinski definition) is 1. The van der Waals surface area contributed by atoms with Crippen LogP contribution in [0.3, 0.4) is 0 Å². The van der Waals surface area contributed by atoms with Gasteiger partial charge in [0.2, 0.25) is 0 Å². The van der Waals surface area contributed by atoms with Crippen LogP contribution in [0.2, 0.25) is 0 Å². The minimum Gasteiger partial charge on any atom is -0.515 e. The lowest BCUT2D eigenvalue weighted by Crippen LogP contribution is -3.10. The van der Waals surface area contributed by atoms with Crippen LogP contribution < -0.4 is 0 Å². The topological polar surface area (TPSA) is 46.5 Å². The summed E-state index contributed by atoms with van der Waals surface area (Å²) in [5.41, 5.74) is -30.8. The van der Waals surface area contributed by atoms with Gasteiger partial charge in [-0.2, -0.15) is 52.7 Å². The monoisotopic (exact) mass is 492 g/mol. The molecule has 0 aromatic carbocycles. The van der Waals surface area contributed by atoms with E-state index in [4.69, 9.17) is 5.11 Å². The van der Waals surface area contributed by atoms with Crippen molar-refractivity contribution in [2.75, 3.05) is 0 Å². The summed E-state index contributed by atoms with van der Waals surface area (Å²) in [7, 11) is 0. The first-order valence-electron chi connectivity index (χ1n) is 7.33. The average molecular weight is 492 g/mol. The minimum absolute atomic E-state index is 0.656. The zero-order valence-corrected chi connectivity index (χ0v) is 13.6. The van der Waals surface area contributed by atoms with Crippen molar-refractivity contribution < 1.29 is 80.5 Å². The van der Waals surface area contributed by atoms with E-state index < -0.39 is 76.4 Å². The Morgan fingerprint density at radius 1 is 0.548 bits per heavy atom. The highest BCUT2D eigenvalue weighted by Crippen LogP contribution is 2.88. The number of aliphatic hydroxyl groups excluding tert-OH is 1. The van der Waals surface area contributed by atoms with Gasteiger partial charge in [-0.15, -0.1) is 0 Å². The summed E-state index contributed by atoms with van der Waals surface area (Å²) in [6.45, 7) is 0. The van der Waals surface area contributed by atoms with Crippen LogP contribution >= 0.6 is 0 Å². The molecule has 178 valence electrons. The van der Waals surface area contributed by atoms with Crippen LogP contribution in [0.1, 0.15) is 0 Å². The van der Waals surface area contributed by atoms with E-state index in [1.165, 1.54) is 0 Å². The minimum atomic E-state index is -7.95. The number of carbonyl (C=O) groups excluding carboxylic acids is 1. The van der Waals surface area contributed by atoms with Gasteiger partial charge < -0.3 is 9.84 Å². The number of halogens is 15. The molecule has 1 N–H and O–H groups in total. The van der Waals surface area contributed by atoms with E-state index in [-0.39, 0.29) is 0 Å². The fourth-order valence-corrected chi connectivity index (χ4v) is 4.24. The van der Waals surface area contributed by atoms with Crippen molar-refractivity contribution >= 4 is 5.97 Å². The molecule has 31 heavy (non-hydrogen) atoms. The maximum Gasteiger partial charge on any atom is 0.345 e. The van der Waals surface area contributed by atoms with Gasteiger partial charge in [0.25, 0.3) is 0 Å². The van der Waals surface area contributed by atoms with E-state index >= 15 is 0 Å². The lowest BCUT2D eigenvalue weighted by Gasteiger charge is -2.74. The molecule has 0 saturated heterocycles.